The van der Waals surface area contributed by atoms with Crippen LogP contribution in [-0.4, -0.2) is 43.8 Å². The quantitative estimate of drug-likeness (QED) is 0.713. The summed E-state index contributed by atoms with van der Waals surface area (Å²) in [4.78, 5) is 18.9. The van der Waals surface area contributed by atoms with Crippen LogP contribution in [-0.2, 0) is 11.8 Å². The smallest absolute Gasteiger partial charge is 0.258 e. The first-order valence-corrected chi connectivity index (χ1v) is 9.66. The standard InChI is InChI=1S/C20H23N5O2/c1-12-16-6-5-15(11-17(16)24(2)22-12)19-21-18(23-27-19)13-7-9-25(10-8-13)20(26)14-3-4-14/h5-6,11,13-14H,3-4,7-10H2,1-2H3. The molecule has 27 heavy (non-hydrogen) atoms. The highest BCUT2D eigenvalue weighted by atomic mass is 16.5. The second-order valence-corrected chi connectivity index (χ2v) is 7.77. The fraction of sp³-hybridized carbons (Fsp3) is 0.500. The van der Waals surface area contributed by atoms with Crippen molar-refractivity contribution >= 4 is 16.8 Å². The monoisotopic (exact) mass is 365 g/mol. The Balaban J connectivity index is 1.33. The van der Waals surface area contributed by atoms with Gasteiger partial charge in [-0.2, -0.15) is 10.1 Å². The number of aryl methyl sites for hydroxylation is 2. The van der Waals surface area contributed by atoms with Gasteiger partial charge < -0.3 is 9.42 Å². The van der Waals surface area contributed by atoms with Gasteiger partial charge in [-0.15, -0.1) is 0 Å². The van der Waals surface area contributed by atoms with Crippen LogP contribution in [0, 0.1) is 12.8 Å². The predicted octanol–water partition coefficient (Wildman–Crippen LogP) is 3.05. The lowest BCUT2D eigenvalue weighted by atomic mass is 9.96. The van der Waals surface area contributed by atoms with Crippen molar-refractivity contribution in [2.75, 3.05) is 13.1 Å². The number of likely N-dealkylation sites (tertiary alicyclic amines) is 1. The van der Waals surface area contributed by atoms with Crippen LogP contribution in [0.2, 0.25) is 0 Å². The molecule has 1 aliphatic heterocycles. The lowest BCUT2D eigenvalue weighted by Crippen LogP contribution is -2.38. The number of amides is 1. The van der Waals surface area contributed by atoms with Crippen LogP contribution in [0.4, 0.5) is 0 Å². The zero-order valence-corrected chi connectivity index (χ0v) is 15.7. The Kier molecular flexibility index (Phi) is 3.77. The molecule has 0 N–H and O–H groups in total. The minimum Gasteiger partial charge on any atom is -0.342 e. The van der Waals surface area contributed by atoms with E-state index in [-0.39, 0.29) is 5.92 Å². The molecule has 0 radical (unpaired) electrons. The lowest BCUT2D eigenvalue weighted by molar-refractivity contribution is -0.133. The molecule has 0 bridgehead atoms. The molecule has 140 valence electrons. The van der Waals surface area contributed by atoms with Crippen LogP contribution in [0.3, 0.4) is 0 Å². The van der Waals surface area contributed by atoms with Gasteiger partial charge in [0.1, 0.15) is 0 Å². The topological polar surface area (TPSA) is 77.1 Å². The minimum absolute atomic E-state index is 0.258. The predicted molar refractivity (Wildman–Crippen MR) is 100 cm³/mol. The molecule has 2 aliphatic rings. The molecule has 0 unspecified atom stereocenters. The maximum Gasteiger partial charge on any atom is 0.258 e. The molecule has 1 aliphatic carbocycles. The summed E-state index contributed by atoms with van der Waals surface area (Å²) in [6.07, 6.45) is 3.93. The van der Waals surface area contributed by atoms with Gasteiger partial charge in [0.2, 0.25) is 5.91 Å². The molecule has 3 aromatic rings. The van der Waals surface area contributed by atoms with Crippen LogP contribution in [0.5, 0.6) is 0 Å². The van der Waals surface area contributed by atoms with Gasteiger partial charge in [-0.25, -0.2) is 0 Å². The molecule has 1 amide bonds. The number of hydrogen-bond acceptors (Lipinski definition) is 5. The summed E-state index contributed by atoms with van der Waals surface area (Å²) in [7, 11) is 1.94. The number of benzene rings is 1. The SMILES string of the molecule is Cc1nn(C)c2cc(-c3nc(C4CCN(C(=O)C5CC5)CC4)no3)ccc12. The molecule has 7 nitrogen and oxygen atoms in total. The zero-order valence-electron chi connectivity index (χ0n) is 15.7. The van der Waals surface area contributed by atoms with Gasteiger partial charge in [0.15, 0.2) is 5.82 Å². The van der Waals surface area contributed by atoms with Gasteiger partial charge in [-0.1, -0.05) is 11.2 Å². The second-order valence-electron chi connectivity index (χ2n) is 7.77. The van der Waals surface area contributed by atoms with E-state index < -0.39 is 0 Å². The van der Waals surface area contributed by atoms with Gasteiger partial charge in [0.25, 0.3) is 5.89 Å². The maximum atomic E-state index is 12.2. The van der Waals surface area contributed by atoms with E-state index in [4.69, 9.17) is 4.52 Å². The Bertz CT molecular complexity index is 1010. The normalized spacial score (nSPS) is 18.4. The zero-order chi connectivity index (χ0) is 18.5. The third-order valence-corrected chi connectivity index (χ3v) is 5.82. The summed E-state index contributed by atoms with van der Waals surface area (Å²) >= 11 is 0. The fourth-order valence-electron chi connectivity index (χ4n) is 4.04. The first-order valence-electron chi connectivity index (χ1n) is 9.66. The van der Waals surface area contributed by atoms with Crippen molar-refractivity contribution in [3.05, 3.63) is 29.7 Å². The van der Waals surface area contributed by atoms with Crippen LogP contribution < -0.4 is 0 Å². The van der Waals surface area contributed by atoms with Crippen molar-refractivity contribution in [2.24, 2.45) is 13.0 Å². The molecule has 2 fully saturated rings. The first-order chi connectivity index (χ1) is 13.1. The highest BCUT2D eigenvalue weighted by Crippen LogP contribution is 2.34. The molecule has 5 rings (SSSR count). The Morgan fingerprint density at radius 2 is 1.96 bits per heavy atom. The summed E-state index contributed by atoms with van der Waals surface area (Å²) in [6.45, 7) is 3.60. The van der Waals surface area contributed by atoms with Crippen molar-refractivity contribution in [3.63, 3.8) is 0 Å². The van der Waals surface area contributed by atoms with Gasteiger partial charge in [-0.05, 0) is 44.7 Å². The lowest BCUT2D eigenvalue weighted by Gasteiger charge is -2.30. The Morgan fingerprint density at radius 1 is 1.19 bits per heavy atom. The third kappa shape index (κ3) is 2.91. The summed E-state index contributed by atoms with van der Waals surface area (Å²) in [5.74, 6) is 2.19. The van der Waals surface area contributed by atoms with E-state index in [0.29, 0.717) is 17.7 Å². The van der Waals surface area contributed by atoms with Crippen molar-refractivity contribution < 1.29 is 9.32 Å². The van der Waals surface area contributed by atoms with Crippen molar-refractivity contribution in [1.82, 2.24) is 24.8 Å². The Hall–Kier alpha value is -2.70. The highest BCUT2D eigenvalue weighted by molar-refractivity contribution is 5.85. The number of carbonyl (C=O) groups excluding carboxylic acids is 1. The van der Waals surface area contributed by atoms with Gasteiger partial charge in [0.05, 0.1) is 11.2 Å². The van der Waals surface area contributed by atoms with Crippen molar-refractivity contribution in [3.8, 4) is 11.5 Å². The molecule has 1 saturated carbocycles. The largest absolute Gasteiger partial charge is 0.342 e. The van der Waals surface area contributed by atoms with E-state index in [1.807, 2.05) is 35.7 Å². The number of piperidine rings is 1. The molecule has 0 atom stereocenters. The van der Waals surface area contributed by atoms with Crippen LogP contribution in [0.25, 0.3) is 22.4 Å². The summed E-state index contributed by atoms with van der Waals surface area (Å²) in [5, 5.41) is 9.82. The first kappa shape index (κ1) is 16.5. The number of nitrogens with zero attached hydrogens (tertiary/aromatic N) is 5. The Morgan fingerprint density at radius 3 is 2.70 bits per heavy atom. The second kappa shape index (κ2) is 6.18. The van der Waals surface area contributed by atoms with Crippen molar-refractivity contribution in [2.45, 2.75) is 38.5 Å². The third-order valence-electron chi connectivity index (χ3n) is 5.82. The number of hydrogen-bond donors (Lipinski definition) is 0. The number of aromatic nitrogens is 4. The van der Waals surface area contributed by atoms with Crippen LogP contribution in [0.1, 0.15) is 43.1 Å². The van der Waals surface area contributed by atoms with E-state index in [0.717, 1.165) is 66.8 Å². The van der Waals surface area contributed by atoms with Crippen LogP contribution in [0.15, 0.2) is 22.7 Å². The molecule has 1 aromatic carbocycles. The highest BCUT2D eigenvalue weighted by Gasteiger charge is 2.35. The maximum absolute atomic E-state index is 12.2. The number of fused-ring (bicyclic) bond motifs is 1. The molecule has 1 saturated heterocycles. The summed E-state index contributed by atoms with van der Waals surface area (Å²) < 4.78 is 7.42. The minimum atomic E-state index is 0.258. The molecule has 2 aromatic heterocycles. The van der Waals surface area contributed by atoms with E-state index in [9.17, 15) is 4.79 Å². The van der Waals surface area contributed by atoms with Gasteiger partial charge in [0, 0.05) is 42.9 Å². The van der Waals surface area contributed by atoms with E-state index in [1.165, 1.54) is 0 Å². The molecular weight excluding hydrogens is 342 g/mol. The Labute approximate surface area is 157 Å². The van der Waals surface area contributed by atoms with E-state index in [1.54, 1.807) is 0 Å². The summed E-state index contributed by atoms with van der Waals surface area (Å²) in [5.41, 5.74) is 2.97. The number of carbonyl (C=O) groups is 1. The number of rotatable bonds is 3. The van der Waals surface area contributed by atoms with E-state index in [2.05, 4.69) is 21.3 Å². The summed E-state index contributed by atoms with van der Waals surface area (Å²) in [6, 6.07) is 6.10. The molecule has 3 heterocycles. The molecule has 7 heteroatoms. The van der Waals surface area contributed by atoms with Gasteiger partial charge >= 0.3 is 0 Å². The average molecular weight is 365 g/mol. The molecular formula is C20H23N5O2. The van der Waals surface area contributed by atoms with Crippen LogP contribution >= 0.6 is 0 Å². The average Bonchev–Trinajstić information content (AvgIpc) is 3.35. The fourth-order valence-corrected chi connectivity index (χ4v) is 4.04. The van der Waals surface area contributed by atoms with Gasteiger partial charge in [-0.3, -0.25) is 9.48 Å². The van der Waals surface area contributed by atoms with E-state index >= 15 is 0 Å². The van der Waals surface area contributed by atoms with Crippen molar-refractivity contribution in [1.29, 1.82) is 0 Å². The molecule has 0 spiro atoms.